The number of nitrogens with one attached hydrogen (secondary N) is 1. The molecular weight excluding hydrogens is 399 g/mol. The number of aromatic hydroxyl groups is 1. The van der Waals surface area contributed by atoms with Gasteiger partial charge in [0.1, 0.15) is 11.6 Å². The first-order chi connectivity index (χ1) is 12.3. The fourth-order valence-electron chi connectivity index (χ4n) is 2.04. The van der Waals surface area contributed by atoms with Gasteiger partial charge < -0.3 is 15.2 Å². The first kappa shape index (κ1) is 19.9. The van der Waals surface area contributed by atoms with Gasteiger partial charge in [-0.3, -0.25) is 4.79 Å². The molecule has 0 unspecified atom stereocenters. The van der Waals surface area contributed by atoms with Crippen LogP contribution < -0.4 is 10.1 Å². The average Bonchev–Trinajstić information content (AvgIpc) is 2.59. The Bertz CT molecular complexity index is 921. The zero-order valence-corrected chi connectivity index (χ0v) is 15.8. The van der Waals surface area contributed by atoms with Crippen molar-refractivity contribution in [2.75, 3.05) is 11.9 Å². The Balaban J connectivity index is 2.32. The second kappa shape index (κ2) is 8.81. The molecule has 0 bridgehead atoms. The standard InChI is InChI=1S/C18H13Cl3N2O3/c1-2-26-16-7-10(6-14(21)17(16)24)5-11(9-22)18(25)23-15-4-3-12(19)8-13(15)20/h3-8,24H,2H2,1H3,(H,23,25)/b11-5+. The van der Waals surface area contributed by atoms with Gasteiger partial charge in [0.05, 0.1) is 22.3 Å². The van der Waals surface area contributed by atoms with Crippen LogP contribution in [0, 0.1) is 11.3 Å². The maximum atomic E-state index is 12.3. The van der Waals surface area contributed by atoms with E-state index >= 15 is 0 Å². The maximum absolute atomic E-state index is 12.3. The molecule has 8 heteroatoms. The van der Waals surface area contributed by atoms with Gasteiger partial charge in [-0.05, 0) is 48.9 Å². The summed E-state index contributed by atoms with van der Waals surface area (Å²) in [6.45, 7) is 2.07. The zero-order chi connectivity index (χ0) is 19.3. The molecule has 2 rings (SSSR count). The van der Waals surface area contributed by atoms with E-state index in [1.807, 2.05) is 6.07 Å². The van der Waals surface area contributed by atoms with Crippen LogP contribution in [0.5, 0.6) is 11.5 Å². The Labute approximate surface area is 165 Å². The van der Waals surface area contributed by atoms with E-state index in [4.69, 9.17) is 39.5 Å². The van der Waals surface area contributed by atoms with Crippen molar-refractivity contribution in [3.63, 3.8) is 0 Å². The fourth-order valence-corrected chi connectivity index (χ4v) is 2.71. The van der Waals surface area contributed by atoms with Gasteiger partial charge in [0.25, 0.3) is 5.91 Å². The second-order valence-corrected chi connectivity index (χ2v) is 6.28. The monoisotopic (exact) mass is 410 g/mol. The molecule has 0 spiro atoms. The van der Waals surface area contributed by atoms with Crippen LogP contribution in [-0.2, 0) is 4.79 Å². The normalized spacial score (nSPS) is 11.0. The highest BCUT2D eigenvalue weighted by Gasteiger charge is 2.14. The number of ether oxygens (including phenoxy) is 1. The first-order valence-corrected chi connectivity index (χ1v) is 8.52. The Morgan fingerprint density at radius 3 is 2.62 bits per heavy atom. The molecule has 2 N–H and O–H groups in total. The predicted octanol–water partition coefficient (Wildman–Crippen LogP) is 5.30. The lowest BCUT2D eigenvalue weighted by Crippen LogP contribution is -2.13. The SMILES string of the molecule is CCOc1cc(/C=C(\C#N)C(=O)Nc2ccc(Cl)cc2Cl)cc(Cl)c1O. The van der Waals surface area contributed by atoms with Crippen LogP contribution in [0.1, 0.15) is 12.5 Å². The van der Waals surface area contributed by atoms with Crippen molar-refractivity contribution < 1.29 is 14.6 Å². The summed E-state index contributed by atoms with van der Waals surface area (Å²) in [5.41, 5.74) is 0.561. The van der Waals surface area contributed by atoms with Crippen LogP contribution in [-0.4, -0.2) is 17.6 Å². The van der Waals surface area contributed by atoms with E-state index in [1.54, 1.807) is 13.0 Å². The van der Waals surface area contributed by atoms with Crippen LogP contribution in [0.15, 0.2) is 35.9 Å². The van der Waals surface area contributed by atoms with Gasteiger partial charge in [-0.1, -0.05) is 34.8 Å². The van der Waals surface area contributed by atoms with E-state index in [9.17, 15) is 15.2 Å². The number of amides is 1. The molecule has 2 aromatic rings. The van der Waals surface area contributed by atoms with Gasteiger partial charge >= 0.3 is 0 Å². The molecule has 0 aromatic heterocycles. The number of halogens is 3. The molecule has 0 fully saturated rings. The molecular formula is C18H13Cl3N2O3. The molecule has 5 nitrogen and oxygen atoms in total. The van der Waals surface area contributed by atoms with E-state index < -0.39 is 5.91 Å². The second-order valence-electron chi connectivity index (χ2n) is 5.03. The Morgan fingerprint density at radius 2 is 2.00 bits per heavy atom. The summed E-state index contributed by atoms with van der Waals surface area (Å²) in [4.78, 5) is 12.3. The van der Waals surface area contributed by atoms with Crippen molar-refractivity contribution in [1.29, 1.82) is 5.26 Å². The fraction of sp³-hybridized carbons (Fsp3) is 0.111. The van der Waals surface area contributed by atoms with Crippen LogP contribution in [0.3, 0.4) is 0 Å². The summed E-state index contributed by atoms with van der Waals surface area (Å²) in [7, 11) is 0. The summed E-state index contributed by atoms with van der Waals surface area (Å²) in [6, 6.07) is 9.28. The lowest BCUT2D eigenvalue weighted by molar-refractivity contribution is -0.112. The number of nitriles is 1. The van der Waals surface area contributed by atoms with Crippen molar-refractivity contribution in [3.8, 4) is 17.6 Å². The number of nitrogens with zero attached hydrogens (tertiary/aromatic N) is 1. The smallest absolute Gasteiger partial charge is 0.266 e. The molecule has 0 atom stereocenters. The number of anilines is 1. The predicted molar refractivity (Wildman–Crippen MR) is 103 cm³/mol. The van der Waals surface area contributed by atoms with Crippen molar-refractivity contribution in [2.45, 2.75) is 6.92 Å². The number of benzene rings is 2. The molecule has 0 radical (unpaired) electrons. The van der Waals surface area contributed by atoms with E-state index in [0.29, 0.717) is 22.9 Å². The molecule has 2 aromatic carbocycles. The van der Waals surface area contributed by atoms with E-state index in [-0.39, 0.29) is 27.1 Å². The minimum atomic E-state index is -0.654. The molecule has 0 aliphatic rings. The third-order valence-corrected chi connectivity index (χ3v) is 4.04. The average molecular weight is 412 g/mol. The van der Waals surface area contributed by atoms with Crippen LogP contribution in [0.4, 0.5) is 5.69 Å². The minimum absolute atomic E-state index is 0.0423. The largest absolute Gasteiger partial charge is 0.503 e. The third kappa shape index (κ3) is 4.83. The van der Waals surface area contributed by atoms with Crippen molar-refractivity contribution in [1.82, 2.24) is 0 Å². The highest BCUT2D eigenvalue weighted by atomic mass is 35.5. The minimum Gasteiger partial charge on any atom is -0.503 e. The quantitative estimate of drug-likeness (QED) is 0.517. The first-order valence-electron chi connectivity index (χ1n) is 7.39. The summed E-state index contributed by atoms with van der Waals surface area (Å²) >= 11 is 17.8. The van der Waals surface area contributed by atoms with Gasteiger partial charge in [0, 0.05) is 5.02 Å². The number of carbonyl (C=O) groups is 1. The highest BCUT2D eigenvalue weighted by molar-refractivity contribution is 6.37. The van der Waals surface area contributed by atoms with Crippen LogP contribution >= 0.6 is 34.8 Å². The zero-order valence-electron chi connectivity index (χ0n) is 13.5. The van der Waals surface area contributed by atoms with Crippen molar-refractivity contribution in [2.24, 2.45) is 0 Å². The molecule has 1 amide bonds. The molecule has 26 heavy (non-hydrogen) atoms. The third-order valence-electron chi connectivity index (χ3n) is 3.21. The summed E-state index contributed by atoms with van der Waals surface area (Å²) in [6.07, 6.45) is 1.33. The summed E-state index contributed by atoms with van der Waals surface area (Å²) in [5, 5.41) is 22.4. The van der Waals surface area contributed by atoms with E-state index in [1.165, 1.54) is 30.3 Å². The van der Waals surface area contributed by atoms with Gasteiger partial charge in [0.15, 0.2) is 11.5 Å². The van der Waals surface area contributed by atoms with Gasteiger partial charge in [-0.15, -0.1) is 0 Å². The number of hydrogen-bond acceptors (Lipinski definition) is 4. The molecule has 0 heterocycles. The molecule has 0 saturated heterocycles. The van der Waals surface area contributed by atoms with E-state index in [0.717, 1.165) is 0 Å². The Hall–Kier alpha value is -2.39. The summed E-state index contributed by atoms with van der Waals surface area (Å²) < 4.78 is 5.28. The number of carbonyl (C=O) groups excluding carboxylic acids is 1. The van der Waals surface area contributed by atoms with Crippen molar-refractivity contribution in [3.05, 3.63) is 56.5 Å². The lowest BCUT2D eigenvalue weighted by atomic mass is 10.1. The number of phenols is 1. The van der Waals surface area contributed by atoms with Crippen LogP contribution in [0.25, 0.3) is 6.08 Å². The number of rotatable bonds is 5. The van der Waals surface area contributed by atoms with Gasteiger partial charge in [0.2, 0.25) is 0 Å². The van der Waals surface area contributed by atoms with Gasteiger partial charge in [-0.2, -0.15) is 5.26 Å². The van der Waals surface area contributed by atoms with Crippen molar-refractivity contribution >= 4 is 52.5 Å². The summed E-state index contributed by atoms with van der Waals surface area (Å²) in [5.74, 6) is -0.704. The molecule has 0 aliphatic heterocycles. The topological polar surface area (TPSA) is 82.3 Å². The van der Waals surface area contributed by atoms with Crippen LogP contribution in [0.2, 0.25) is 15.1 Å². The Morgan fingerprint density at radius 1 is 1.27 bits per heavy atom. The molecule has 134 valence electrons. The number of phenolic OH excluding ortho intramolecular Hbond substituents is 1. The molecule has 0 aliphatic carbocycles. The van der Waals surface area contributed by atoms with Gasteiger partial charge in [-0.25, -0.2) is 0 Å². The maximum Gasteiger partial charge on any atom is 0.266 e. The van der Waals surface area contributed by atoms with E-state index in [2.05, 4.69) is 5.32 Å². The number of hydrogen-bond donors (Lipinski definition) is 2. The Kier molecular flexibility index (Phi) is 6.76. The highest BCUT2D eigenvalue weighted by Crippen LogP contribution is 2.36. The molecule has 0 saturated carbocycles. The lowest BCUT2D eigenvalue weighted by Gasteiger charge is -2.09.